The van der Waals surface area contributed by atoms with Crippen LogP contribution < -0.4 is 10.1 Å². The van der Waals surface area contributed by atoms with Crippen LogP contribution in [-0.2, 0) is 11.2 Å². The molecule has 2 amide bonds. The first-order valence-electron chi connectivity index (χ1n) is 8.82. The third kappa shape index (κ3) is 3.81. The Morgan fingerprint density at radius 1 is 1.33 bits per heavy atom. The third-order valence-electron chi connectivity index (χ3n) is 5.18. The lowest BCUT2D eigenvalue weighted by atomic mass is 9.96. The molecular formula is C18H21F3N2O4. The predicted molar refractivity (Wildman–Crippen MR) is 89.4 cm³/mol. The number of halogens is 3. The van der Waals surface area contributed by atoms with Crippen LogP contribution in [0.2, 0.25) is 0 Å². The molecule has 0 radical (unpaired) electrons. The standard InChI is InChI=1S/C18H21F3N2O4/c1-2-10-4-3-5-11-14(6-7-27-15(10)11)22-17(26)23-8-12(16(24)25)13(9-23)18(19,20)21/h3-5,12-14H,2,6-9H2,1H3,(H,22,26)(H,24,25)/t12-,13-,14?/m1/s1. The zero-order valence-electron chi connectivity index (χ0n) is 14.8. The molecule has 3 atom stereocenters. The number of rotatable bonds is 3. The number of benzene rings is 1. The fraction of sp³-hybridized carbons (Fsp3) is 0.556. The minimum Gasteiger partial charge on any atom is -0.493 e. The van der Waals surface area contributed by atoms with Crippen molar-refractivity contribution in [1.82, 2.24) is 10.2 Å². The zero-order chi connectivity index (χ0) is 19.8. The van der Waals surface area contributed by atoms with Gasteiger partial charge in [0.1, 0.15) is 5.75 Å². The van der Waals surface area contributed by atoms with E-state index in [2.05, 4.69) is 5.32 Å². The number of carboxylic acids is 1. The molecule has 1 saturated heterocycles. The normalized spacial score (nSPS) is 24.9. The molecule has 0 aromatic heterocycles. The van der Waals surface area contributed by atoms with Gasteiger partial charge in [-0.25, -0.2) is 4.79 Å². The van der Waals surface area contributed by atoms with Gasteiger partial charge in [0.15, 0.2) is 0 Å². The molecule has 1 unspecified atom stereocenters. The number of hydrogen-bond donors (Lipinski definition) is 2. The van der Waals surface area contributed by atoms with Crippen LogP contribution in [0.4, 0.5) is 18.0 Å². The molecule has 0 spiro atoms. The number of ether oxygens (including phenoxy) is 1. The van der Waals surface area contributed by atoms with Crippen molar-refractivity contribution >= 4 is 12.0 Å². The number of amides is 2. The summed E-state index contributed by atoms with van der Waals surface area (Å²) in [4.78, 5) is 24.6. The van der Waals surface area contributed by atoms with Crippen molar-refractivity contribution in [2.24, 2.45) is 11.8 Å². The van der Waals surface area contributed by atoms with E-state index >= 15 is 0 Å². The average Bonchev–Trinajstić information content (AvgIpc) is 3.08. The summed E-state index contributed by atoms with van der Waals surface area (Å²) >= 11 is 0. The summed E-state index contributed by atoms with van der Waals surface area (Å²) in [6.07, 6.45) is -3.42. The first kappa shape index (κ1) is 19.3. The largest absolute Gasteiger partial charge is 0.493 e. The summed E-state index contributed by atoms with van der Waals surface area (Å²) in [5.41, 5.74) is 1.78. The number of nitrogens with one attached hydrogen (secondary N) is 1. The predicted octanol–water partition coefficient (Wildman–Crippen LogP) is 2.98. The molecule has 27 heavy (non-hydrogen) atoms. The van der Waals surface area contributed by atoms with E-state index < -0.39 is 43.1 Å². The zero-order valence-corrected chi connectivity index (χ0v) is 14.8. The Morgan fingerprint density at radius 3 is 2.67 bits per heavy atom. The van der Waals surface area contributed by atoms with Gasteiger partial charge in [0, 0.05) is 25.1 Å². The Hall–Kier alpha value is -2.45. The molecule has 0 saturated carbocycles. The van der Waals surface area contributed by atoms with Gasteiger partial charge in [0.2, 0.25) is 0 Å². The highest BCUT2D eigenvalue weighted by Crippen LogP contribution is 2.39. The van der Waals surface area contributed by atoms with Crippen molar-refractivity contribution in [2.75, 3.05) is 19.7 Å². The van der Waals surface area contributed by atoms with E-state index in [9.17, 15) is 22.8 Å². The molecule has 1 aromatic carbocycles. The van der Waals surface area contributed by atoms with Crippen LogP contribution in [0.25, 0.3) is 0 Å². The van der Waals surface area contributed by atoms with E-state index in [4.69, 9.17) is 9.84 Å². The number of para-hydroxylation sites is 1. The second-order valence-corrected chi connectivity index (χ2v) is 6.83. The van der Waals surface area contributed by atoms with Crippen molar-refractivity contribution in [2.45, 2.75) is 32.0 Å². The monoisotopic (exact) mass is 386 g/mol. The highest BCUT2D eigenvalue weighted by molar-refractivity contribution is 5.78. The lowest BCUT2D eigenvalue weighted by Gasteiger charge is -2.30. The molecule has 1 aromatic rings. The number of aryl methyl sites for hydroxylation is 1. The summed E-state index contributed by atoms with van der Waals surface area (Å²) in [5, 5.41) is 11.8. The summed E-state index contributed by atoms with van der Waals surface area (Å²) in [6.45, 7) is 1.25. The Balaban J connectivity index is 1.75. The summed E-state index contributed by atoms with van der Waals surface area (Å²) in [6, 6.07) is 4.52. The van der Waals surface area contributed by atoms with Gasteiger partial charge in [-0.1, -0.05) is 25.1 Å². The van der Waals surface area contributed by atoms with Gasteiger partial charge < -0.3 is 20.1 Å². The van der Waals surface area contributed by atoms with Gasteiger partial charge in [0.05, 0.1) is 24.5 Å². The quantitative estimate of drug-likeness (QED) is 0.837. The number of alkyl halides is 3. The van der Waals surface area contributed by atoms with Gasteiger partial charge in [-0.2, -0.15) is 13.2 Å². The van der Waals surface area contributed by atoms with Crippen LogP contribution in [0.3, 0.4) is 0 Å². The molecule has 0 aliphatic carbocycles. The first-order chi connectivity index (χ1) is 12.7. The molecule has 2 aliphatic rings. The Labute approximate surface area is 154 Å². The number of nitrogens with zero attached hydrogens (tertiary/aromatic N) is 1. The topological polar surface area (TPSA) is 78.9 Å². The number of fused-ring (bicyclic) bond motifs is 1. The molecular weight excluding hydrogens is 365 g/mol. The van der Waals surface area contributed by atoms with Gasteiger partial charge in [-0.15, -0.1) is 0 Å². The van der Waals surface area contributed by atoms with Crippen LogP contribution in [0, 0.1) is 11.8 Å². The number of carbonyl (C=O) groups excluding carboxylic acids is 1. The van der Waals surface area contributed by atoms with Crippen LogP contribution in [0.15, 0.2) is 18.2 Å². The van der Waals surface area contributed by atoms with Crippen molar-refractivity contribution in [3.63, 3.8) is 0 Å². The first-order valence-corrected chi connectivity index (χ1v) is 8.82. The second-order valence-electron chi connectivity index (χ2n) is 6.83. The average molecular weight is 386 g/mol. The number of carboxylic acid groups (broad SMARTS) is 1. The second kappa shape index (κ2) is 7.28. The van der Waals surface area contributed by atoms with Gasteiger partial charge in [0.25, 0.3) is 0 Å². The van der Waals surface area contributed by atoms with E-state index in [1.165, 1.54) is 0 Å². The number of urea groups is 1. The number of hydrogen-bond acceptors (Lipinski definition) is 3. The molecule has 3 rings (SSSR count). The van der Waals surface area contributed by atoms with Crippen molar-refractivity contribution in [3.8, 4) is 5.75 Å². The van der Waals surface area contributed by atoms with E-state index in [1.807, 2.05) is 25.1 Å². The van der Waals surface area contributed by atoms with Gasteiger partial charge in [-0.3, -0.25) is 4.79 Å². The van der Waals surface area contributed by atoms with Crippen LogP contribution in [0.5, 0.6) is 5.75 Å². The Kier molecular flexibility index (Phi) is 5.21. The van der Waals surface area contributed by atoms with E-state index in [0.29, 0.717) is 18.8 Å². The van der Waals surface area contributed by atoms with E-state index in [-0.39, 0.29) is 6.04 Å². The van der Waals surface area contributed by atoms with Gasteiger partial charge in [-0.05, 0) is 12.0 Å². The minimum absolute atomic E-state index is 0.387. The summed E-state index contributed by atoms with van der Waals surface area (Å²) < 4.78 is 45.0. The van der Waals surface area contributed by atoms with E-state index in [0.717, 1.165) is 22.4 Å². The summed E-state index contributed by atoms with van der Waals surface area (Å²) in [5.74, 6) is -4.55. The maximum absolute atomic E-state index is 13.1. The van der Waals surface area contributed by atoms with Crippen LogP contribution in [0.1, 0.15) is 30.5 Å². The number of aliphatic carboxylic acids is 1. The van der Waals surface area contributed by atoms with Crippen LogP contribution in [-0.4, -0.2) is 47.9 Å². The molecule has 2 aliphatic heterocycles. The Morgan fingerprint density at radius 2 is 2.07 bits per heavy atom. The summed E-state index contributed by atoms with van der Waals surface area (Å²) in [7, 11) is 0. The minimum atomic E-state index is -4.67. The SMILES string of the molecule is CCc1cccc2c1OCCC2NC(=O)N1C[C@@H](C(F)(F)F)[C@H](C(=O)O)C1. The third-order valence-corrected chi connectivity index (χ3v) is 5.18. The highest BCUT2D eigenvalue weighted by Gasteiger charge is 2.53. The number of carbonyl (C=O) groups is 2. The number of likely N-dealkylation sites (tertiary alicyclic amines) is 1. The van der Waals surface area contributed by atoms with Gasteiger partial charge >= 0.3 is 18.2 Å². The lowest BCUT2D eigenvalue weighted by molar-refractivity contribution is -0.187. The van der Waals surface area contributed by atoms with Crippen molar-refractivity contribution < 1.29 is 32.6 Å². The molecule has 6 nitrogen and oxygen atoms in total. The Bertz CT molecular complexity index is 738. The molecule has 0 bridgehead atoms. The lowest BCUT2D eigenvalue weighted by Crippen LogP contribution is -2.42. The molecule has 2 N–H and O–H groups in total. The van der Waals surface area contributed by atoms with Crippen molar-refractivity contribution in [3.05, 3.63) is 29.3 Å². The van der Waals surface area contributed by atoms with Crippen LogP contribution >= 0.6 is 0 Å². The highest BCUT2D eigenvalue weighted by atomic mass is 19.4. The molecule has 2 heterocycles. The molecule has 9 heteroatoms. The fourth-order valence-corrected chi connectivity index (χ4v) is 3.71. The maximum Gasteiger partial charge on any atom is 0.394 e. The van der Waals surface area contributed by atoms with E-state index in [1.54, 1.807) is 0 Å². The fourth-order valence-electron chi connectivity index (χ4n) is 3.71. The molecule has 148 valence electrons. The molecule has 1 fully saturated rings. The smallest absolute Gasteiger partial charge is 0.394 e. The van der Waals surface area contributed by atoms with Crippen molar-refractivity contribution in [1.29, 1.82) is 0 Å². The maximum atomic E-state index is 13.1.